The lowest BCUT2D eigenvalue weighted by Crippen LogP contribution is -2.03. The predicted molar refractivity (Wildman–Crippen MR) is 91.3 cm³/mol. The van der Waals surface area contributed by atoms with Gasteiger partial charge in [-0.2, -0.15) is 0 Å². The van der Waals surface area contributed by atoms with Crippen molar-refractivity contribution < 1.29 is 4.21 Å². The summed E-state index contributed by atoms with van der Waals surface area (Å²) < 4.78 is 14.3. The number of rotatable bonds is 2. The fraction of sp³-hybridized carbons (Fsp3) is 0.176. The number of benzene rings is 2. The number of nitrogens with zero attached hydrogens (tertiary/aromatic N) is 1. The Morgan fingerprint density at radius 1 is 1.00 bits per heavy atom. The van der Waals surface area contributed by atoms with Gasteiger partial charge in [-0.1, -0.05) is 43.6 Å². The minimum atomic E-state index is -1.23. The lowest BCUT2D eigenvalue weighted by molar-refractivity contribution is 0.678. The van der Waals surface area contributed by atoms with Crippen LogP contribution in [0.2, 0.25) is 5.02 Å². The number of aryl methyl sites for hydroxylation is 1. The molecule has 0 aliphatic carbocycles. The highest BCUT2D eigenvalue weighted by Crippen LogP contribution is 2.27. The molecule has 4 heteroatoms. The Morgan fingerprint density at radius 2 is 1.67 bits per heavy atom. The SMILES string of the molecule is CC.Cc1c(Cl)ccc2c1ccn2S(=O)c1ccccc1. The summed E-state index contributed by atoms with van der Waals surface area (Å²) >= 11 is 6.11. The standard InChI is InChI=1S/C15H12ClNOS.C2H6/c1-11-13-9-10-17(15(13)8-7-14(11)16)19(18)12-5-3-2-4-6-12;1-2/h2-10H,1H3;1-2H3. The van der Waals surface area contributed by atoms with E-state index in [2.05, 4.69) is 0 Å². The van der Waals surface area contributed by atoms with E-state index in [1.54, 1.807) is 3.97 Å². The third-order valence-corrected chi connectivity index (χ3v) is 4.92. The monoisotopic (exact) mass is 319 g/mol. The van der Waals surface area contributed by atoms with Crippen molar-refractivity contribution in [2.45, 2.75) is 25.7 Å². The van der Waals surface area contributed by atoms with Gasteiger partial charge in [0, 0.05) is 16.6 Å². The lowest BCUT2D eigenvalue weighted by Gasteiger charge is -2.06. The molecule has 0 N–H and O–H groups in total. The van der Waals surface area contributed by atoms with Crippen LogP contribution in [0.4, 0.5) is 0 Å². The van der Waals surface area contributed by atoms with Gasteiger partial charge in [0.25, 0.3) is 0 Å². The second kappa shape index (κ2) is 6.92. The van der Waals surface area contributed by atoms with E-state index in [-0.39, 0.29) is 0 Å². The van der Waals surface area contributed by atoms with Crippen LogP contribution in [-0.2, 0) is 11.0 Å². The zero-order chi connectivity index (χ0) is 15.4. The molecule has 0 spiro atoms. The van der Waals surface area contributed by atoms with Crippen molar-refractivity contribution in [3.63, 3.8) is 0 Å². The van der Waals surface area contributed by atoms with Crippen LogP contribution in [0.1, 0.15) is 19.4 Å². The van der Waals surface area contributed by atoms with Crippen LogP contribution >= 0.6 is 11.6 Å². The molecule has 1 aromatic heterocycles. The van der Waals surface area contributed by atoms with E-state index in [0.717, 1.165) is 26.4 Å². The van der Waals surface area contributed by atoms with Crippen LogP contribution in [-0.4, -0.2) is 8.18 Å². The molecule has 110 valence electrons. The molecule has 1 heterocycles. The van der Waals surface area contributed by atoms with Gasteiger partial charge in [-0.05, 0) is 42.8 Å². The molecule has 3 aromatic rings. The van der Waals surface area contributed by atoms with E-state index in [9.17, 15) is 4.21 Å². The van der Waals surface area contributed by atoms with Crippen molar-refractivity contribution in [3.05, 3.63) is 65.3 Å². The molecule has 0 fully saturated rings. The number of halogens is 1. The van der Waals surface area contributed by atoms with Crippen molar-refractivity contribution in [3.8, 4) is 0 Å². The first-order chi connectivity index (χ1) is 10.2. The van der Waals surface area contributed by atoms with Gasteiger partial charge < -0.3 is 0 Å². The highest BCUT2D eigenvalue weighted by atomic mass is 35.5. The van der Waals surface area contributed by atoms with Gasteiger partial charge in [0.05, 0.1) is 10.4 Å². The Hall–Kier alpha value is -1.58. The lowest BCUT2D eigenvalue weighted by atomic mass is 10.1. The third kappa shape index (κ3) is 3.04. The van der Waals surface area contributed by atoms with Gasteiger partial charge in [0.2, 0.25) is 0 Å². The average molecular weight is 320 g/mol. The van der Waals surface area contributed by atoms with Crippen molar-refractivity contribution in [1.82, 2.24) is 3.97 Å². The van der Waals surface area contributed by atoms with Crippen LogP contribution in [0.3, 0.4) is 0 Å². The Kier molecular flexibility index (Phi) is 5.21. The van der Waals surface area contributed by atoms with Gasteiger partial charge in [-0.15, -0.1) is 0 Å². The minimum Gasteiger partial charge on any atom is -0.263 e. The maximum atomic E-state index is 12.6. The van der Waals surface area contributed by atoms with E-state index in [1.165, 1.54) is 0 Å². The largest absolute Gasteiger partial charge is 0.263 e. The molecule has 0 aliphatic heterocycles. The molecule has 0 radical (unpaired) electrons. The number of aromatic nitrogens is 1. The Bertz CT molecular complexity index is 765. The van der Waals surface area contributed by atoms with E-state index in [1.807, 2.05) is 75.5 Å². The zero-order valence-electron chi connectivity index (χ0n) is 12.3. The molecule has 0 saturated heterocycles. The summed E-state index contributed by atoms with van der Waals surface area (Å²) in [5.41, 5.74) is 1.95. The Balaban J connectivity index is 0.000000774. The van der Waals surface area contributed by atoms with Crippen LogP contribution in [0.25, 0.3) is 10.9 Å². The quantitative estimate of drug-likeness (QED) is 0.636. The summed E-state index contributed by atoms with van der Waals surface area (Å²) in [5, 5.41) is 1.77. The highest BCUT2D eigenvalue weighted by molar-refractivity contribution is 7.83. The van der Waals surface area contributed by atoms with Crippen LogP contribution in [0.5, 0.6) is 0 Å². The van der Waals surface area contributed by atoms with Gasteiger partial charge in [0.1, 0.15) is 0 Å². The first-order valence-corrected chi connectivity index (χ1v) is 8.40. The first-order valence-electron chi connectivity index (χ1n) is 6.92. The minimum absolute atomic E-state index is 0.732. The van der Waals surface area contributed by atoms with E-state index in [0.29, 0.717) is 0 Å². The summed E-state index contributed by atoms with van der Waals surface area (Å²) in [6.07, 6.45) is 1.84. The molecule has 0 saturated carbocycles. The second-order valence-electron chi connectivity index (χ2n) is 4.31. The number of hydrogen-bond acceptors (Lipinski definition) is 1. The van der Waals surface area contributed by atoms with Crippen LogP contribution < -0.4 is 0 Å². The molecule has 0 amide bonds. The van der Waals surface area contributed by atoms with Gasteiger partial charge in [-0.25, -0.2) is 4.21 Å². The second-order valence-corrected chi connectivity index (χ2v) is 6.08. The fourth-order valence-electron chi connectivity index (χ4n) is 2.11. The molecule has 21 heavy (non-hydrogen) atoms. The fourth-order valence-corrected chi connectivity index (χ4v) is 3.40. The third-order valence-electron chi connectivity index (χ3n) is 3.16. The number of fused-ring (bicyclic) bond motifs is 1. The Morgan fingerprint density at radius 3 is 2.33 bits per heavy atom. The molecular weight excluding hydrogens is 302 g/mol. The topological polar surface area (TPSA) is 22.0 Å². The molecule has 1 atom stereocenters. The van der Waals surface area contributed by atoms with Crippen LogP contribution in [0.15, 0.2) is 59.6 Å². The van der Waals surface area contributed by atoms with Gasteiger partial charge in [-0.3, -0.25) is 3.97 Å². The summed E-state index contributed by atoms with van der Waals surface area (Å²) in [4.78, 5) is 0.785. The molecular formula is C17H18ClNOS. The van der Waals surface area contributed by atoms with Crippen molar-refractivity contribution in [2.24, 2.45) is 0 Å². The van der Waals surface area contributed by atoms with E-state index in [4.69, 9.17) is 11.6 Å². The average Bonchev–Trinajstić information content (AvgIpc) is 2.97. The summed E-state index contributed by atoms with van der Waals surface area (Å²) in [6.45, 7) is 5.97. The van der Waals surface area contributed by atoms with Crippen molar-refractivity contribution >= 4 is 33.5 Å². The van der Waals surface area contributed by atoms with Gasteiger partial charge in [0.15, 0.2) is 11.0 Å². The molecule has 0 bridgehead atoms. The zero-order valence-corrected chi connectivity index (χ0v) is 13.9. The van der Waals surface area contributed by atoms with Crippen molar-refractivity contribution in [2.75, 3.05) is 0 Å². The smallest absolute Gasteiger partial charge is 0.157 e. The van der Waals surface area contributed by atoms with Crippen LogP contribution in [0, 0.1) is 6.92 Å². The maximum absolute atomic E-state index is 12.6. The normalized spacial score (nSPS) is 11.8. The first kappa shape index (κ1) is 15.8. The highest BCUT2D eigenvalue weighted by Gasteiger charge is 2.11. The van der Waals surface area contributed by atoms with E-state index >= 15 is 0 Å². The summed E-state index contributed by atoms with van der Waals surface area (Å²) in [7, 11) is -1.23. The summed E-state index contributed by atoms with van der Waals surface area (Å²) in [5.74, 6) is 0. The Labute approximate surface area is 133 Å². The maximum Gasteiger partial charge on any atom is 0.157 e. The molecule has 2 aromatic carbocycles. The molecule has 2 nitrogen and oxygen atoms in total. The van der Waals surface area contributed by atoms with Crippen molar-refractivity contribution in [1.29, 1.82) is 0 Å². The number of hydrogen-bond donors (Lipinski definition) is 0. The van der Waals surface area contributed by atoms with Gasteiger partial charge >= 0.3 is 0 Å². The summed E-state index contributed by atoms with van der Waals surface area (Å²) in [6, 6.07) is 15.1. The van der Waals surface area contributed by atoms with E-state index < -0.39 is 11.0 Å². The molecule has 1 unspecified atom stereocenters. The molecule has 3 rings (SSSR count). The predicted octanol–water partition coefficient (Wildman–Crippen LogP) is 5.20. The molecule has 0 aliphatic rings.